The molecule has 152 valence electrons. The van der Waals surface area contributed by atoms with Gasteiger partial charge in [-0.15, -0.1) is 22.7 Å². The normalized spacial score (nSPS) is 10.9. The van der Waals surface area contributed by atoms with E-state index in [0.29, 0.717) is 16.1 Å². The highest BCUT2D eigenvalue weighted by molar-refractivity contribution is 7.17. The molecule has 0 spiro atoms. The molecule has 0 bridgehead atoms. The Morgan fingerprint density at radius 3 is 2.60 bits per heavy atom. The summed E-state index contributed by atoms with van der Waals surface area (Å²) in [4.78, 5) is 34.5. The van der Waals surface area contributed by atoms with Crippen molar-refractivity contribution in [2.75, 3.05) is 6.61 Å². The molecule has 4 rings (SSSR count). The van der Waals surface area contributed by atoms with Gasteiger partial charge in [0.25, 0.3) is 0 Å². The molecule has 1 aromatic carbocycles. The third kappa shape index (κ3) is 3.83. The molecule has 0 aliphatic rings. The molecular weight excluding hydrogens is 418 g/mol. The van der Waals surface area contributed by atoms with Gasteiger partial charge in [-0.2, -0.15) is 0 Å². The molecule has 0 N–H and O–H groups in total. The van der Waals surface area contributed by atoms with Crippen LogP contribution in [0.15, 0.2) is 48.0 Å². The summed E-state index contributed by atoms with van der Waals surface area (Å²) in [5.41, 5.74) is 3.75. The lowest BCUT2D eigenvalue weighted by atomic mass is 10.1. The molecular formula is C22H19N3O3S2. The van der Waals surface area contributed by atoms with Gasteiger partial charge in [-0.05, 0) is 26.8 Å². The van der Waals surface area contributed by atoms with Gasteiger partial charge in [-0.1, -0.05) is 30.3 Å². The fraction of sp³-hybridized carbons (Fsp3) is 0.182. The Hall–Kier alpha value is -3.10. The topological polar surface area (TPSA) is 74.1 Å². The van der Waals surface area contributed by atoms with Gasteiger partial charge in [-0.25, -0.2) is 14.8 Å². The minimum atomic E-state index is -0.533. The molecule has 0 saturated heterocycles. The van der Waals surface area contributed by atoms with Crippen LogP contribution >= 0.6 is 22.7 Å². The van der Waals surface area contributed by atoms with Gasteiger partial charge in [0.15, 0.2) is 11.7 Å². The maximum Gasteiger partial charge on any atom is 0.350 e. The van der Waals surface area contributed by atoms with E-state index in [0.717, 1.165) is 27.1 Å². The van der Waals surface area contributed by atoms with Crippen molar-refractivity contribution >= 4 is 34.4 Å². The summed E-state index contributed by atoms with van der Waals surface area (Å²) < 4.78 is 7.26. The molecule has 0 aliphatic carbocycles. The highest BCUT2D eigenvalue weighted by Crippen LogP contribution is 2.28. The number of Topliss-reactive ketones (excluding diaryl/α,β-unsaturated/α-hetero) is 1. The van der Waals surface area contributed by atoms with Gasteiger partial charge in [0.1, 0.15) is 9.88 Å². The number of benzene rings is 1. The van der Waals surface area contributed by atoms with Crippen LogP contribution in [0.5, 0.6) is 0 Å². The lowest BCUT2D eigenvalue weighted by molar-refractivity contribution is 0.0478. The second-order valence-electron chi connectivity index (χ2n) is 6.73. The first kappa shape index (κ1) is 20.2. The molecule has 3 heterocycles. The summed E-state index contributed by atoms with van der Waals surface area (Å²) in [6.07, 6.45) is 1.73. The molecule has 0 amide bonds. The lowest BCUT2D eigenvalue weighted by Crippen LogP contribution is -2.15. The van der Waals surface area contributed by atoms with Crippen LogP contribution in [0.3, 0.4) is 0 Å². The van der Waals surface area contributed by atoms with Gasteiger partial charge >= 0.3 is 5.97 Å². The van der Waals surface area contributed by atoms with Crippen molar-refractivity contribution in [1.29, 1.82) is 0 Å². The van der Waals surface area contributed by atoms with E-state index in [-0.39, 0.29) is 12.4 Å². The standard InChI is InChI=1S/C22H19N3O3S2/c1-13-11-17(15(3)25(13)22-23-9-10-29-22)18(26)12-28-21(27)19-14(2)24-20(30-19)16-7-5-4-6-8-16/h4-11H,12H2,1-3H3. The number of nitrogens with zero attached hydrogens (tertiary/aromatic N) is 3. The lowest BCUT2D eigenvalue weighted by Gasteiger charge is -2.06. The van der Waals surface area contributed by atoms with Crippen LogP contribution in [0.25, 0.3) is 15.7 Å². The quantitative estimate of drug-likeness (QED) is 0.313. The SMILES string of the molecule is Cc1nc(-c2ccccc2)sc1C(=O)OCC(=O)c1cc(C)n(-c2nccs2)c1C. The van der Waals surface area contributed by atoms with Crippen LogP contribution in [-0.4, -0.2) is 32.9 Å². The molecule has 4 aromatic rings. The van der Waals surface area contributed by atoms with Crippen LogP contribution in [0.1, 0.15) is 37.1 Å². The van der Waals surface area contributed by atoms with Crippen molar-refractivity contribution in [2.45, 2.75) is 20.8 Å². The molecule has 0 radical (unpaired) electrons. The van der Waals surface area contributed by atoms with Gasteiger partial charge < -0.3 is 4.74 Å². The number of carbonyl (C=O) groups is 2. The number of aromatic nitrogens is 3. The highest BCUT2D eigenvalue weighted by Gasteiger charge is 2.22. The van der Waals surface area contributed by atoms with Crippen molar-refractivity contribution < 1.29 is 14.3 Å². The maximum absolute atomic E-state index is 12.7. The Labute approximate surface area is 181 Å². The number of aryl methyl sites for hydroxylation is 2. The van der Waals surface area contributed by atoms with E-state index < -0.39 is 5.97 Å². The summed E-state index contributed by atoms with van der Waals surface area (Å²) in [5.74, 6) is -0.779. The summed E-state index contributed by atoms with van der Waals surface area (Å²) in [7, 11) is 0. The number of thiazole rings is 2. The van der Waals surface area contributed by atoms with Crippen LogP contribution in [-0.2, 0) is 4.74 Å². The van der Waals surface area contributed by atoms with E-state index in [4.69, 9.17) is 4.74 Å². The van der Waals surface area contributed by atoms with Gasteiger partial charge in [0.2, 0.25) is 5.78 Å². The summed E-state index contributed by atoms with van der Waals surface area (Å²) >= 11 is 2.76. The molecule has 0 aliphatic heterocycles. The monoisotopic (exact) mass is 437 g/mol. The first-order chi connectivity index (χ1) is 14.5. The predicted octanol–water partition coefficient (Wildman–Crippen LogP) is 5.02. The molecule has 0 fully saturated rings. The van der Waals surface area contributed by atoms with Crippen LogP contribution < -0.4 is 0 Å². The molecule has 0 saturated carbocycles. The van der Waals surface area contributed by atoms with Crippen LogP contribution in [0.2, 0.25) is 0 Å². The van der Waals surface area contributed by atoms with Crippen molar-refractivity contribution in [3.05, 3.63) is 75.5 Å². The van der Waals surface area contributed by atoms with Crippen molar-refractivity contribution in [3.63, 3.8) is 0 Å². The van der Waals surface area contributed by atoms with Crippen LogP contribution in [0, 0.1) is 20.8 Å². The van der Waals surface area contributed by atoms with Gasteiger partial charge in [0.05, 0.1) is 5.69 Å². The average Bonchev–Trinajstić information content (AvgIpc) is 3.46. The Morgan fingerprint density at radius 2 is 1.90 bits per heavy atom. The van der Waals surface area contributed by atoms with E-state index in [1.807, 2.05) is 54.1 Å². The first-order valence-electron chi connectivity index (χ1n) is 9.27. The Balaban J connectivity index is 1.48. The van der Waals surface area contributed by atoms with E-state index >= 15 is 0 Å². The molecule has 0 unspecified atom stereocenters. The van der Waals surface area contributed by atoms with Crippen molar-refractivity contribution in [3.8, 4) is 15.7 Å². The highest BCUT2D eigenvalue weighted by atomic mass is 32.1. The van der Waals surface area contributed by atoms with Crippen molar-refractivity contribution in [2.24, 2.45) is 0 Å². The van der Waals surface area contributed by atoms with Gasteiger partial charge in [0, 0.05) is 34.1 Å². The van der Waals surface area contributed by atoms with Crippen molar-refractivity contribution in [1.82, 2.24) is 14.5 Å². The number of rotatable bonds is 6. The molecule has 0 atom stereocenters. The number of esters is 1. The van der Waals surface area contributed by atoms with E-state index in [1.165, 1.54) is 22.7 Å². The largest absolute Gasteiger partial charge is 0.453 e. The zero-order valence-electron chi connectivity index (χ0n) is 16.7. The molecule has 3 aromatic heterocycles. The second kappa shape index (κ2) is 8.33. The van der Waals surface area contributed by atoms with E-state index in [9.17, 15) is 9.59 Å². The fourth-order valence-corrected chi connectivity index (χ4v) is 4.95. The van der Waals surface area contributed by atoms with E-state index in [2.05, 4.69) is 9.97 Å². The Kier molecular flexibility index (Phi) is 5.61. The minimum absolute atomic E-state index is 0.246. The number of hydrogen-bond acceptors (Lipinski definition) is 7. The third-order valence-electron chi connectivity index (χ3n) is 4.68. The molecule has 30 heavy (non-hydrogen) atoms. The Bertz CT molecular complexity index is 1210. The summed E-state index contributed by atoms with van der Waals surface area (Å²) in [6.45, 7) is 5.23. The Morgan fingerprint density at radius 1 is 1.13 bits per heavy atom. The maximum atomic E-state index is 12.7. The first-order valence-corrected chi connectivity index (χ1v) is 11.0. The predicted molar refractivity (Wildman–Crippen MR) is 118 cm³/mol. The zero-order valence-corrected chi connectivity index (χ0v) is 18.3. The molecule has 8 heteroatoms. The number of ketones is 1. The fourth-order valence-electron chi connectivity index (χ4n) is 3.23. The van der Waals surface area contributed by atoms with Crippen LogP contribution in [0.4, 0.5) is 0 Å². The van der Waals surface area contributed by atoms with E-state index in [1.54, 1.807) is 19.2 Å². The number of hydrogen-bond donors (Lipinski definition) is 0. The molecule has 6 nitrogen and oxygen atoms in total. The number of carbonyl (C=O) groups excluding carboxylic acids is 2. The third-order valence-corrected chi connectivity index (χ3v) is 6.62. The average molecular weight is 438 g/mol. The minimum Gasteiger partial charge on any atom is -0.453 e. The summed E-state index contributed by atoms with van der Waals surface area (Å²) in [5, 5.41) is 3.44. The van der Waals surface area contributed by atoms with Gasteiger partial charge in [-0.3, -0.25) is 9.36 Å². The smallest absolute Gasteiger partial charge is 0.350 e. The zero-order chi connectivity index (χ0) is 21.3. The summed E-state index contributed by atoms with van der Waals surface area (Å²) in [6, 6.07) is 11.5. The number of ether oxygens (including phenoxy) is 1. The second-order valence-corrected chi connectivity index (χ2v) is 8.61.